The van der Waals surface area contributed by atoms with Crippen LogP contribution >= 0.6 is 11.3 Å². The van der Waals surface area contributed by atoms with Crippen molar-refractivity contribution in [1.82, 2.24) is 4.98 Å². The largest absolute Gasteiger partial charge is 0.829 e. The molecular formula is C42H48NO11S-. The molecule has 8 rings (SSSR count). The number of benzene rings is 3. The lowest BCUT2D eigenvalue weighted by molar-refractivity contribution is -0.540. The lowest BCUT2D eigenvalue weighted by atomic mass is 9.96. The molecule has 0 aliphatic carbocycles. The molecule has 0 amide bonds. The lowest BCUT2D eigenvalue weighted by Crippen LogP contribution is -2.66. The van der Waals surface area contributed by atoms with Gasteiger partial charge in [0.05, 0.1) is 39.1 Å². The number of thiazole rings is 1. The molecule has 5 heterocycles. The zero-order chi connectivity index (χ0) is 38.0. The average Bonchev–Trinajstić information content (AvgIpc) is 3.97. The number of ether oxygens (including phenoxy) is 10. The van der Waals surface area contributed by atoms with Crippen molar-refractivity contribution < 1.29 is 52.5 Å². The van der Waals surface area contributed by atoms with Crippen LogP contribution in [-0.2, 0) is 73.0 Å². The molecule has 294 valence electrons. The smallest absolute Gasteiger partial charge is 0.253 e. The van der Waals surface area contributed by atoms with Crippen LogP contribution in [0.3, 0.4) is 0 Å². The maximum atomic E-state index is 14.2. The highest BCUT2D eigenvalue weighted by Crippen LogP contribution is 2.53. The standard InChI is InChI=1S/C42H48NO11S/c1-40(2)48-26-31(50-40)33-35-37(54-41(3,4)51-35)42(53-33,39-43-20-21-55-39)52-32-30(25-45-22-27-14-8-5-9-15-27)49-38(44)36(47-24-29-18-12-7-13-19-29)34(32)46-23-28-16-10-6-11-17-28/h5-21,30-38H,22-26H2,1-4H3/q-1/t30-,31-,32-,33-,34+,35+,36-,37+,38+,42-/m1/s1. The Bertz CT molecular complexity index is 1800. The van der Waals surface area contributed by atoms with Gasteiger partial charge >= 0.3 is 0 Å². The van der Waals surface area contributed by atoms with Crippen LogP contribution in [0, 0.1) is 0 Å². The summed E-state index contributed by atoms with van der Waals surface area (Å²) in [5.41, 5.74) is 2.78. The topological polar surface area (TPSA) is 128 Å². The predicted octanol–water partition coefficient (Wildman–Crippen LogP) is 5.22. The molecule has 0 spiro atoms. The second kappa shape index (κ2) is 16.4. The third kappa shape index (κ3) is 8.59. The van der Waals surface area contributed by atoms with Crippen LogP contribution in [0.15, 0.2) is 103 Å². The zero-order valence-electron chi connectivity index (χ0n) is 31.4. The van der Waals surface area contributed by atoms with Crippen LogP contribution in [0.4, 0.5) is 0 Å². The number of fused-ring (bicyclic) bond motifs is 1. The van der Waals surface area contributed by atoms with Gasteiger partial charge in [0.25, 0.3) is 5.79 Å². The van der Waals surface area contributed by atoms with E-state index in [0.29, 0.717) is 11.6 Å². The Morgan fingerprint density at radius 1 is 0.709 bits per heavy atom. The Morgan fingerprint density at radius 3 is 1.91 bits per heavy atom. The van der Waals surface area contributed by atoms with E-state index in [9.17, 15) is 5.11 Å². The van der Waals surface area contributed by atoms with Gasteiger partial charge in [-0.05, 0) is 44.4 Å². The van der Waals surface area contributed by atoms with Crippen LogP contribution in [0.5, 0.6) is 0 Å². The van der Waals surface area contributed by atoms with E-state index in [2.05, 4.69) is 0 Å². The Morgan fingerprint density at radius 2 is 1.33 bits per heavy atom. The van der Waals surface area contributed by atoms with Crippen molar-refractivity contribution in [3.8, 4) is 0 Å². The van der Waals surface area contributed by atoms with Crippen LogP contribution in [0.1, 0.15) is 49.4 Å². The molecule has 0 bridgehead atoms. The van der Waals surface area contributed by atoms with E-state index in [0.717, 1.165) is 16.7 Å². The number of rotatable bonds is 14. The third-order valence-electron chi connectivity index (χ3n) is 10.1. The molecule has 4 aromatic rings. The van der Waals surface area contributed by atoms with Crippen molar-refractivity contribution in [2.45, 2.75) is 120 Å². The molecule has 55 heavy (non-hydrogen) atoms. The van der Waals surface area contributed by atoms with Gasteiger partial charge in [-0.1, -0.05) is 91.0 Å². The first-order chi connectivity index (χ1) is 26.6. The van der Waals surface area contributed by atoms with Crippen LogP contribution < -0.4 is 5.11 Å². The van der Waals surface area contributed by atoms with Crippen molar-refractivity contribution in [2.75, 3.05) is 13.2 Å². The van der Waals surface area contributed by atoms with Crippen molar-refractivity contribution in [1.29, 1.82) is 0 Å². The summed E-state index contributed by atoms with van der Waals surface area (Å²) in [5, 5.41) is 16.5. The Hall–Kier alpha value is -3.15. The Balaban J connectivity index is 1.18. The highest BCUT2D eigenvalue weighted by Gasteiger charge is 2.69. The molecule has 4 saturated heterocycles. The van der Waals surface area contributed by atoms with E-state index >= 15 is 0 Å². The number of hydrogen-bond acceptors (Lipinski definition) is 13. The first-order valence-electron chi connectivity index (χ1n) is 18.8. The van der Waals surface area contributed by atoms with Gasteiger partial charge in [-0.2, -0.15) is 0 Å². The van der Waals surface area contributed by atoms with E-state index in [4.69, 9.17) is 52.4 Å². The van der Waals surface area contributed by atoms with E-state index < -0.39 is 72.5 Å². The van der Waals surface area contributed by atoms with Gasteiger partial charge in [0.15, 0.2) is 22.7 Å². The summed E-state index contributed by atoms with van der Waals surface area (Å²) in [6.45, 7) is 8.35. The summed E-state index contributed by atoms with van der Waals surface area (Å²) in [5.74, 6) is -3.47. The van der Waals surface area contributed by atoms with Gasteiger partial charge in [0, 0.05) is 17.9 Å². The van der Waals surface area contributed by atoms with E-state index in [1.165, 1.54) is 11.3 Å². The second-order valence-electron chi connectivity index (χ2n) is 15.1. The molecule has 13 heteroatoms. The van der Waals surface area contributed by atoms with Gasteiger partial charge in [-0.3, -0.25) is 0 Å². The minimum Gasteiger partial charge on any atom is -0.829 e. The molecule has 4 fully saturated rings. The molecular weight excluding hydrogens is 727 g/mol. The highest BCUT2D eigenvalue weighted by molar-refractivity contribution is 7.09. The van der Waals surface area contributed by atoms with E-state index in [1.54, 1.807) is 6.20 Å². The number of aromatic nitrogens is 1. The van der Waals surface area contributed by atoms with Gasteiger partial charge < -0.3 is 52.5 Å². The molecule has 4 aliphatic heterocycles. The molecule has 10 atom stereocenters. The first-order valence-corrected chi connectivity index (χ1v) is 19.6. The second-order valence-corrected chi connectivity index (χ2v) is 16.0. The van der Waals surface area contributed by atoms with Crippen LogP contribution in [0.2, 0.25) is 0 Å². The van der Waals surface area contributed by atoms with Crippen molar-refractivity contribution in [3.05, 3.63) is 124 Å². The maximum absolute atomic E-state index is 14.2. The van der Waals surface area contributed by atoms with Crippen molar-refractivity contribution in [3.63, 3.8) is 0 Å². The van der Waals surface area contributed by atoms with E-state index in [-0.39, 0.29) is 26.4 Å². The molecule has 0 N–H and O–H groups in total. The predicted molar refractivity (Wildman–Crippen MR) is 197 cm³/mol. The minimum absolute atomic E-state index is 0.0109. The van der Waals surface area contributed by atoms with Crippen molar-refractivity contribution in [2.24, 2.45) is 0 Å². The molecule has 0 unspecified atom stereocenters. The monoisotopic (exact) mass is 774 g/mol. The van der Waals surface area contributed by atoms with E-state index in [1.807, 2.05) is 124 Å². The highest BCUT2D eigenvalue weighted by atomic mass is 32.1. The minimum atomic E-state index is -1.65. The van der Waals surface area contributed by atoms with Gasteiger partial charge in [0.2, 0.25) is 0 Å². The average molecular weight is 775 g/mol. The quantitative estimate of drug-likeness (QED) is 0.167. The fourth-order valence-corrected chi connectivity index (χ4v) is 8.41. The molecule has 3 aromatic carbocycles. The summed E-state index contributed by atoms with van der Waals surface area (Å²) in [4.78, 5) is 4.74. The SMILES string of the molecule is CC1(C)OC[C@H]([C@H]2O[C@@](O[C@H]3[C@H](OCc4ccccc4)[C@@H](OCc4ccccc4)[C@@H]([O-])O[C@@H]3COCc3ccccc3)(c3nccs3)[C@H]3OC(C)(C)O[C@@H]23)O1. The summed E-state index contributed by atoms with van der Waals surface area (Å²) < 4.78 is 65.7. The fraction of sp³-hybridized carbons (Fsp3) is 0.500. The molecule has 1 aromatic heterocycles. The van der Waals surface area contributed by atoms with Gasteiger partial charge in [-0.15, -0.1) is 11.3 Å². The molecule has 12 nitrogen and oxygen atoms in total. The summed E-state index contributed by atoms with van der Waals surface area (Å²) in [6.07, 6.45) is -6.50. The first kappa shape index (κ1) is 38.7. The fourth-order valence-electron chi connectivity index (χ4n) is 7.66. The number of hydrogen-bond donors (Lipinski definition) is 0. The summed E-state index contributed by atoms with van der Waals surface area (Å²) in [6, 6.07) is 29.2. The van der Waals surface area contributed by atoms with Gasteiger partial charge in [-0.25, -0.2) is 4.98 Å². The summed E-state index contributed by atoms with van der Waals surface area (Å²) >= 11 is 1.36. The lowest BCUT2D eigenvalue weighted by Gasteiger charge is -2.51. The van der Waals surface area contributed by atoms with Gasteiger partial charge in [0.1, 0.15) is 36.6 Å². The number of nitrogens with zero attached hydrogens (tertiary/aromatic N) is 1. The normalized spacial score (nSPS) is 33.8. The Kier molecular flexibility index (Phi) is 11.5. The molecule has 0 saturated carbocycles. The van der Waals surface area contributed by atoms with Crippen LogP contribution in [0.25, 0.3) is 0 Å². The zero-order valence-corrected chi connectivity index (χ0v) is 32.2. The van der Waals surface area contributed by atoms with Crippen LogP contribution in [-0.4, -0.2) is 84.9 Å². The maximum Gasteiger partial charge on any atom is 0.253 e. The van der Waals surface area contributed by atoms with Crippen molar-refractivity contribution >= 4 is 11.3 Å². The Labute approximate surface area is 325 Å². The molecule has 0 radical (unpaired) electrons. The third-order valence-corrected chi connectivity index (χ3v) is 11.0. The molecule has 4 aliphatic rings. The summed E-state index contributed by atoms with van der Waals surface area (Å²) in [7, 11) is 0.